The molecule has 0 fully saturated rings. The quantitative estimate of drug-likeness (QED) is 0.358. The van der Waals surface area contributed by atoms with Crippen LogP contribution in [0.15, 0.2) is 24.3 Å². The van der Waals surface area contributed by atoms with Crippen molar-refractivity contribution in [1.82, 2.24) is 4.72 Å². The van der Waals surface area contributed by atoms with Gasteiger partial charge in [-0.3, -0.25) is 0 Å². The number of aryl methyl sites for hydroxylation is 1. The van der Waals surface area contributed by atoms with E-state index in [9.17, 15) is 23.7 Å². The van der Waals surface area contributed by atoms with Crippen LogP contribution < -0.4 is 4.72 Å². The van der Waals surface area contributed by atoms with Crippen LogP contribution in [0, 0.1) is 5.39 Å². The molecule has 24 heavy (non-hydrogen) atoms. The van der Waals surface area contributed by atoms with Gasteiger partial charge in [0, 0.05) is 5.56 Å². The zero-order valence-corrected chi connectivity index (χ0v) is 14.3. The van der Waals surface area contributed by atoms with Gasteiger partial charge in [0.1, 0.15) is 4.98 Å². The molecule has 0 radical (unpaired) electrons. The first kappa shape index (κ1) is 18.3. The number of carbonyl (C=O) groups excluding carboxylic acids is 1. The van der Waals surface area contributed by atoms with Gasteiger partial charge in [-0.15, -0.1) is 0 Å². The van der Waals surface area contributed by atoms with Crippen molar-refractivity contribution in [2.75, 3.05) is 12.9 Å². The number of aliphatic hydroxyl groups is 1. The number of hydrogen-bond acceptors (Lipinski definition) is 6. The normalized spacial score (nSPS) is 26.8. The topological polar surface area (TPSA) is 121 Å². The molecule has 2 atom stereocenters. The fourth-order valence-electron chi connectivity index (χ4n) is 3.10. The highest BCUT2D eigenvalue weighted by Crippen LogP contribution is 2.43. The van der Waals surface area contributed by atoms with E-state index < -0.39 is 27.3 Å². The molecular formula is C15H20N3O5S+. The van der Waals surface area contributed by atoms with Gasteiger partial charge < -0.3 is 9.84 Å². The van der Waals surface area contributed by atoms with E-state index in [4.69, 9.17) is 4.74 Å². The van der Waals surface area contributed by atoms with E-state index in [0.29, 0.717) is 18.4 Å². The summed E-state index contributed by atoms with van der Waals surface area (Å²) >= 11 is 0. The number of rotatable bonds is 4. The minimum Gasteiger partial charge on any atom is -0.460 e. The van der Waals surface area contributed by atoms with Crippen molar-refractivity contribution in [2.24, 2.45) is 0 Å². The van der Waals surface area contributed by atoms with Gasteiger partial charge in [0.2, 0.25) is 15.4 Å². The van der Waals surface area contributed by atoms with Gasteiger partial charge in [-0.2, -0.15) is 4.72 Å². The molecular weight excluding hydrogens is 334 g/mol. The lowest BCUT2D eigenvalue weighted by Crippen LogP contribution is -2.64. The summed E-state index contributed by atoms with van der Waals surface area (Å²) in [6, 6.07) is 6.57. The number of hydrogen-bond donors (Lipinski definition) is 2. The van der Waals surface area contributed by atoms with Gasteiger partial charge in [-0.05, 0) is 25.3 Å². The minimum absolute atomic E-state index is 0.00724. The van der Waals surface area contributed by atoms with Crippen LogP contribution >= 0.6 is 0 Å². The summed E-state index contributed by atoms with van der Waals surface area (Å²) in [5.41, 5.74) is -3.84. The van der Waals surface area contributed by atoms with Gasteiger partial charge in [-0.25, -0.2) is 13.2 Å². The molecule has 1 aromatic rings. The Morgan fingerprint density at radius 3 is 2.71 bits per heavy atom. The highest BCUT2D eigenvalue weighted by molar-refractivity contribution is 7.88. The summed E-state index contributed by atoms with van der Waals surface area (Å²) in [7, 11) is -3.95. The monoisotopic (exact) mass is 354 g/mol. The lowest BCUT2D eigenvalue weighted by Gasteiger charge is -2.32. The molecule has 8 nitrogen and oxygen atoms in total. The summed E-state index contributed by atoms with van der Waals surface area (Å²) in [6.45, 7) is 1.56. The third-order valence-electron chi connectivity index (χ3n) is 4.11. The number of carbonyl (C=O) groups is 1. The van der Waals surface area contributed by atoms with Crippen molar-refractivity contribution in [1.29, 1.82) is 5.39 Å². The Morgan fingerprint density at radius 2 is 2.12 bits per heavy atom. The Balaban J connectivity index is 2.78. The molecule has 0 saturated carbocycles. The summed E-state index contributed by atoms with van der Waals surface area (Å²) in [5, 5.41) is 21.0. The molecule has 2 unspecified atom stereocenters. The molecule has 0 bridgehead atoms. The van der Waals surface area contributed by atoms with Crippen LogP contribution in [-0.4, -0.2) is 37.9 Å². The number of ether oxygens (including phenoxy) is 1. The molecule has 0 amide bonds. The molecule has 0 aliphatic heterocycles. The van der Waals surface area contributed by atoms with Gasteiger partial charge >= 0.3 is 11.5 Å². The lowest BCUT2D eigenvalue weighted by atomic mass is 9.80. The van der Waals surface area contributed by atoms with Crippen LogP contribution in [0.4, 0.5) is 0 Å². The van der Waals surface area contributed by atoms with Crippen molar-refractivity contribution in [3.05, 3.63) is 40.4 Å². The summed E-state index contributed by atoms with van der Waals surface area (Å²) in [4.78, 5) is 15.7. The Labute approximate surface area is 140 Å². The fraction of sp³-hybridized carbons (Fsp3) is 0.533. The minimum atomic E-state index is -3.95. The van der Waals surface area contributed by atoms with Crippen LogP contribution in [0.2, 0.25) is 0 Å². The first-order chi connectivity index (χ1) is 11.2. The highest BCUT2D eigenvalue weighted by Gasteiger charge is 2.72. The number of fused-ring (bicyclic) bond motifs is 1. The number of diazo groups is 1. The molecule has 130 valence electrons. The van der Waals surface area contributed by atoms with Crippen molar-refractivity contribution in [3.63, 3.8) is 0 Å². The Kier molecular flexibility index (Phi) is 4.94. The third-order valence-corrected chi connectivity index (χ3v) is 4.77. The van der Waals surface area contributed by atoms with E-state index in [0.717, 1.165) is 6.26 Å². The first-order valence-corrected chi connectivity index (χ1v) is 9.42. The summed E-state index contributed by atoms with van der Waals surface area (Å²) < 4.78 is 30.8. The van der Waals surface area contributed by atoms with E-state index in [-0.39, 0.29) is 18.6 Å². The van der Waals surface area contributed by atoms with Crippen LogP contribution in [0.3, 0.4) is 0 Å². The fourth-order valence-corrected chi connectivity index (χ4v) is 3.92. The maximum absolute atomic E-state index is 12.5. The van der Waals surface area contributed by atoms with E-state index >= 15 is 0 Å². The maximum atomic E-state index is 12.5. The number of benzene rings is 1. The van der Waals surface area contributed by atoms with Gasteiger partial charge in [0.05, 0.1) is 19.3 Å². The SMILES string of the molecule is CCOC(=O)C1([N+]#N)CCCc2ccccc2C1(O)NS(C)(=O)=O. The van der Waals surface area contributed by atoms with Gasteiger partial charge in [0.15, 0.2) is 0 Å². The number of esters is 1. The molecule has 1 aliphatic carbocycles. The van der Waals surface area contributed by atoms with Crippen molar-refractivity contribution in [2.45, 2.75) is 37.5 Å². The molecule has 0 spiro atoms. The van der Waals surface area contributed by atoms with Crippen LogP contribution in [0.1, 0.15) is 30.9 Å². The van der Waals surface area contributed by atoms with Crippen LogP contribution in [-0.2, 0) is 31.7 Å². The largest absolute Gasteiger partial charge is 0.462 e. The Morgan fingerprint density at radius 1 is 1.46 bits per heavy atom. The van der Waals surface area contributed by atoms with E-state index in [1.54, 1.807) is 25.1 Å². The maximum Gasteiger partial charge on any atom is 0.462 e. The van der Waals surface area contributed by atoms with Gasteiger partial charge in [-0.1, -0.05) is 24.3 Å². The molecule has 2 rings (SSSR count). The zero-order valence-electron chi connectivity index (χ0n) is 13.5. The Hall–Kier alpha value is -2.02. The molecule has 0 heterocycles. The van der Waals surface area contributed by atoms with Gasteiger partial charge in [0.25, 0.3) is 5.72 Å². The third kappa shape index (κ3) is 3.00. The first-order valence-electron chi connectivity index (χ1n) is 7.53. The highest BCUT2D eigenvalue weighted by atomic mass is 32.2. The van der Waals surface area contributed by atoms with E-state index in [1.165, 1.54) is 6.07 Å². The predicted octanol–water partition coefficient (Wildman–Crippen LogP) is 0.872. The van der Waals surface area contributed by atoms with E-state index in [1.807, 2.05) is 0 Å². The molecule has 1 aliphatic rings. The number of nitrogens with one attached hydrogen (secondary N) is 1. The van der Waals surface area contributed by atoms with Crippen molar-refractivity contribution >= 4 is 16.0 Å². The second-order valence-corrected chi connectivity index (χ2v) is 7.52. The standard InChI is InChI=1S/C15H20N3O5S/c1-3-23-13(19)14(17-16)10-6-8-11-7-4-5-9-12(11)15(14,20)18-24(2,21)22/h4-5,7,9,18,20H,3,6,8,10H2,1-2H3/q+1. The van der Waals surface area contributed by atoms with E-state index in [2.05, 4.69) is 9.70 Å². The molecule has 9 heteroatoms. The Bertz CT molecular complexity index is 789. The number of nitrogens with zero attached hydrogens (tertiary/aromatic N) is 2. The predicted molar refractivity (Wildman–Crippen MR) is 85.7 cm³/mol. The lowest BCUT2D eigenvalue weighted by molar-refractivity contribution is -0.161. The van der Waals surface area contributed by atoms with Crippen molar-refractivity contribution < 1.29 is 23.1 Å². The number of sulfonamides is 1. The van der Waals surface area contributed by atoms with Crippen LogP contribution in [0.5, 0.6) is 0 Å². The average molecular weight is 354 g/mol. The second kappa shape index (κ2) is 6.47. The summed E-state index contributed by atoms with van der Waals surface area (Å²) in [5.74, 6) is -0.997. The molecule has 1 aromatic carbocycles. The van der Waals surface area contributed by atoms with Crippen LogP contribution in [0.25, 0.3) is 4.98 Å². The molecule has 0 saturated heterocycles. The zero-order chi connectivity index (χ0) is 18.0. The summed E-state index contributed by atoms with van der Waals surface area (Å²) in [6.07, 6.45) is 1.65. The average Bonchev–Trinajstić information content (AvgIpc) is 2.61. The molecule has 0 aromatic heterocycles. The second-order valence-electron chi connectivity index (χ2n) is 5.78. The molecule has 2 N–H and O–H groups in total. The smallest absolute Gasteiger partial charge is 0.460 e. The van der Waals surface area contributed by atoms with Crippen molar-refractivity contribution in [3.8, 4) is 0 Å².